The minimum Gasteiger partial charge on any atom is -0.353 e. The van der Waals surface area contributed by atoms with Gasteiger partial charge in [-0.05, 0) is 43.5 Å². The number of halogens is 2. The van der Waals surface area contributed by atoms with E-state index in [0.29, 0.717) is 19.0 Å². The Bertz CT molecular complexity index is 449. The Labute approximate surface area is 117 Å². The van der Waals surface area contributed by atoms with Gasteiger partial charge in [0, 0.05) is 19.0 Å². The van der Waals surface area contributed by atoms with Crippen molar-refractivity contribution in [2.24, 2.45) is 0 Å². The molecule has 1 fully saturated rings. The van der Waals surface area contributed by atoms with Gasteiger partial charge in [-0.15, -0.1) is 0 Å². The molecule has 0 heterocycles. The molecule has 0 radical (unpaired) electrons. The number of nitrogens with one attached hydrogen (secondary N) is 2. The van der Waals surface area contributed by atoms with Crippen LogP contribution in [0.1, 0.15) is 31.2 Å². The minimum atomic E-state index is -0.398. The molecule has 0 unspecified atom stereocenters. The third-order valence-corrected chi connectivity index (χ3v) is 3.32. The number of benzene rings is 1. The molecule has 1 aromatic carbocycles. The lowest BCUT2D eigenvalue weighted by molar-refractivity contribution is -0.121. The maximum Gasteiger partial charge on any atom is 0.220 e. The van der Waals surface area contributed by atoms with Crippen molar-refractivity contribution in [3.8, 4) is 0 Å². The highest BCUT2D eigenvalue weighted by atomic mass is 35.5. The molecule has 19 heavy (non-hydrogen) atoms. The Kier molecular flexibility index (Phi) is 5.16. The van der Waals surface area contributed by atoms with Crippen molar-refractivity contribution in [2.45, 2.75) is 38.3 Å². The molecule has 5 heteroatoms. The largest absolute Gasteiger partial charge is 0.353 e. The van der Waals surface area contributed by atoms with Crippen LogP contribution >= 0.6 is 11.6 Å². The number of carbonyl (C=O) groups excluding carboxylic acids is 1. The second-order valence-corrected chi connectivity index (χ2v) is 5.28. The van der Waals surface area contributed by atoms with Crippen molar-refractivity contribution in [1.29, 1.82) is 0 Å². The topological polar surface area (TPSA) is 41.1 Å². The summed E-state index contributed by atoms with van der Waals surface area (Å²) in [6.07, 6.45) is 3.56. The summed E-state index contributed by atoms with van der Waals surface area (Å²) in [4.78, 5) is 11.4. The lowest BCUT2D eigenvalue weighted by Gasteiger charge is -2.06. The standard InChI is InChI=1S/C14H18ClFN2O/c15-12-6-3-10(8-13(12)16)9-17-7-1-2-14(19)18-11-4-5-11/h3,6,8,11,17H,1-2,4-5,7,9H2,(H,18,19). The summed E-state index contributed by atoms with van der Waals surface area (Å²) in [7, 11) is 0. The van der Waals surface area contributed by atoms with Gasteiger partial charge in [-0.2, -0.15) is 0 Å². The molecule has 1 saturated carbocycles. The van der Waals surface area contributed by atoms with Gasteiger partial charge in [0.2, 0.25) is 5.91 Å². The second-order valence-electron chi connectivity index (χ2n) is 4.87. The maximum absolute atomic E-state index is 13.2. The maximum atomic E-state index is 13.2. The van der Waals surface area contributed by atoms with Crippen molar-refractivity contribution in [1.82, 2.24) is 10.6 Å². The van der Waals surface area contributed by atoms with Gasteiger partial charge in [-0.1, -0.05) is 17.7 Å². The molecule has 1 amide bonds. The van der Waals surface area contributed by atoms with Gasteiger partial charge in [-0.25, -0.2) is 4.39 Å². The molecule has 0 bridgehead atoms. The Morgan fingerprint density at radius 2 is 2.21 bits per heavy atom. The van der Waals surface area contributed by atoms with Crippen LogP contribution < -0.4 is 10.6 Å². The van der Waals surface area contributed by atoms with Crippen LogP contribution in [0.2, 0.25) is 5.02 Å². The predicted octanol–water partition coefficient (Wildman–Crippen LogP) is 2.63. The molecule has 0 aliphatic heterocycles. The van der Waals surface area contributed by atoms with E-state index in [1.165, 1.54) is 6.07 Å². The van der Waals surface area contributed by atoms with Gasteiger partial charge in [0.25, 0.3) is 0 Å². The highest BCUT2D eigenvalue weighted by molar-refractivity contribution is 6.30. The normalized spacial score (nSPS) is 14.4. The van der Waals surface area contributed by atoms with Crippen molar-refractivity contribution in [3.05, 3.63) is 34.6 Å². The lowest BCUT2D eigenvalue weighted by Crippen LogP contribution is -2.26. The van der Waals surface area contributed by atoms with Crippen LogP contribution in [0.15, 0.2) is 18.2 Å². The Morgan fingerprint density at radius 1 is 1.42 bits per heavy atom. The summed E-state index contributed by atoms with van der Waals surface area (Å²) in [5.74, 6) is -0.272. The third-order valence-electron chi connectivity index (χ3n) is 3.01. The molecule has 0 spiro atoms. The van der Waals surface area contributed by atoms with Gasteiger partial charge < -0.3 is 10.6 Å². The van der Waals surface area contributed by atoms with Crippen LogP contribution in [0.4, 0.5) is 4.39 Å². The quantitative estimate of drug-likeness (QED) is 0.756. The Balaban J connectivity index is 1.58. The van der Waals surface area contributed by atoms with E-state index in [0.717, 1.165) is 31.4 Å². The van der Waals surface area contributed by atoms with Crippen LogP contribution in [0.25, 0.3) is 0 Å². The van der Waals surface area contributed by atoms with Gasteiger partial charge in [0.1, 0.15) is 5.82 Å². The summed E-state index contributed by atoms with van der Waals surface area (Å²) in [5, 5.41) is 6.27. The first-order valence-electron chi connectivity index (χ1n) is 6.59. The SMILES string of the molecule is O=C(CCCNCc1ccc(Cl)c(F)c1)NC1CC1. The average molecular weight is 285 g/mol. The molecule has 0 aromatic heterocycles. The van der Waals surface area contributed by atoms with Crippen LogP contribution in [0, 0.1) is 5.82 Å². The van der Waals surface area contributed by atoms with Gasteiger partial charge in [0.15, 0.2) is 0 Å². The van der Waals surface area contributed by atoms with Gasteiger partial charge in [-0.3, -0.25) is 4.79 Å². The first-order chi connectivity index (χ1) is 9.15. The first-order valence-corrected chi connectivity index (χ1v) is 6.97. The van der Waals surface area contributed by atoms with Gasteiger partial charge in [0.05, 0.1) is 5.02 Å². The molecular weight excluding hydrogens is 267 g/mol. The number of hydrogen-bond donors (Lipinski definition) is 2. The lowest BCUT2D eigenvalue weighted by atomic mass is 10.2. The summed E-state index contributed by atoms with van der Waals surface area (Å²) in [6.45, 7) is 1.32. The molecule has 0 saturated heterocycles. The smallest absolute Gasteiger partial charge is 0.220 e. The first kappa shape index (κ1) is 14.3. The van der Waals surface area contributed by atoms with E-state index >= 15 is 0 Å². The molecule has 104 valence electrons. The van der Waals surface area contributed by atoms with Crippen molar-refractivity contribution >= 4 is 17.5 Å². The summed E-state index contributed by atoms with van der Waals surface area (Å²) in [5.41, 5.74) is 0.851. The monoisotopic (exact) mass is 284 g/mol. The van der Waals surface area contributed by atoms with Crippen LogP contribution in [-0.4, -0.2) is 18.5 Å². The predicted molar refractivity (Wildman–Crippen MR) is 73.5 cm³/mol. The van der Waals surface area contributed by atoms with E-state index in [1.54, 1.807) is 12.1 Å². The minimum absolute atomic E-state index is 0.127. The van der Waals surface area contributed by atoms with Crippen molar-refractivity contribution < 1.29 is 9.18 Å². The molecule has 1 aliphatic carbocycles. The fraction of sp³-hybridized carbons (Fsp3) is 0.500. The fourth-order valence-corrected chi connectivity index (χ4v) is 1.90. The number of rotatable bonds is 7. The highest BCUT2D eigenvalue weighted by Crippen LogP contribution is 2.18. The fourth-order valence-electron chi connectivity index (χ4n) is 1.78. The van der Waals surface area contributed by atoms with E-state index in [4.69, 9.17) is 11.6 Å². The zero-order chi connectivity index (χ0) is 13.7. The summed E-state index contributed by atoms with van der Waals surface area (Å²) >= 11 is 5.61. The second kappa shape index (κ2) is 6.87. The average Bonchev–Trinajstić information content (AvgIpc) is 3.17. The Hall–Kier alpha value is -1.13. The van der Waals surface area contributed by atoms with Crippen LogP contribution in [0.5, 0.6) is 0 Å². The van der Waals surface area contributed by atoms with Crippen LogP contribution in [0.3, 0.4) is 0 Å². The molecule has 0 atom stereocenters. The number of hydrogen-bond acceptors (Lipinski definition) is 2. The molecule has 2 N–H and O–H groups in total. The molecule has 3 nitrogen and oxygen atoms in total. The molecular formula is C14H18ClFN2O. The van der Waals surface area contributed by atoms with E-state index in [9.17, 15) is 9.18 Å². The summed E-state index contributed by atoms with van der Waals surface area (Å²) in [6, 6.07) is 5.20. The number of amides is 1. The van der Waals surface area contributed by atoms with Crippen LogP contribution in [-0.2, 0) is 11.3 Å². The molecule has 1 aromatic rings. The van der Waals surface area contributed by atoms with Crippen molar-refractivity contribution in [2.75, 3.05) is 6.54 Å². The molecule has 2 rings (SSSR count). The third kappa shape index (κ3) is 5.17. The highest BCUT2D eigenvalue weighted by Gasteiger charge is 2.22. The number of carbonyl (C=O) groups is 1. The zero-order valence-electron chi connectivity index (χ0n) is 10.7. The Morgan fingerprint density at radius 3 is 2.89 bits per heavy atom. The zero-order valence-corrected chi connectivity index (χ0v) is 11.5. The van der Waals surface area contributed by atoms with E-state index in [1.807, 2.05) is 0 Å². The van der Waals surface area contributed by atoms with Crippen molar-refractivity contribution in [3.63, 3.8) is 0 Å². The van der Waals surface area contributed by atoms with E-state index in [-0.39, 0.29) is 10.9 Å². The van der Waals surface area contributed by atoms with Gasteiger partial charge >= 0.3 is 0 Å². The van der Waals surface area contributed by atoms with E-state index < -0.39 is 5.82 Å². The summed E-state index contributed by atoms with van der Waals surface area (Å²) < 4.78 is 13.2. The molecule has 1 aliphatic rings. The van der Waals surface area contributed by atoms with E-state index in [2.05, 4.69) is 10.6 Å².